The molecule has 4 atom stereocenters. The minimum atomic E-state index is -0.589. The molecule has 0 aromatic carbocycles. The van der Waals surface area contributed by atoms with Gasteiger partial charge in [-0.3, -0.25) is 0 Å². The fourth-order valence-electron chi connectivity index (χ4n) is 3.11. The number of ether oxygens (including phenoxy) is 4. The topological polar surface area (TPSA) is 36.9 Å². The van der Waals surface area contributed by atoms with Crippen LogP contribution in [-0.2, 0) is 18.9 Å². The lowest BCUT2D eigenvalue weighted by Gasteiger charge is -2.31. The van der Waals surface area contributed by atoms with Crippen LogP contribution in [0.2, 0.25) is 0 Å². The van der Waals surface area contributed by atoms with Crippen molar-refractivity contribution in [2.45, 2.75) is 43.7 Å². The number of hydrogen-bond acceptors (Lipinski definition) is 4. The van der Waals surface area contributed by atoms with E-state index in [1.165, 1.54) is 5.57 Å². The maximum Gasteiger partial charge on any atom is 0.191 e. The second kappa shape index (κ2) is 2.59. The van der Waals surface area contributed by atoms with Crippen LogP contribution >= 0.6 is 0 Å². The summed E-state index contributed by atoms with van der Waals surface area (Å²) in [6.45, 7) is 4.44. The van der Waals surface area contributed by atoms with E-state index in [1.54, 1.807) is 0 Å². The summed E-state index contributed by atoms with van der Waals surface area (Å²) in [5.41, 5.74) is 0.727. The molecule has 1 aliphatic carbocycles. The molecule has 0 unspecified atom stereocenters. The van der Waals surface area contributed by atoms with Crippen LogP contribution in [0.4, 0.5) is 0 Å². The number of rotatable bonds is 0. The highest BCUT2D eigenvalue weighted by Gasteiger charge is 2.67. The third kappa shape index (κ3) is 0.903. The summed E-state index contributed by atoms with van der Waals surface area (Å²) in [7, 11) is 0. The summed E-state index contributed by atoms with van der Waals surface area (Å²) in [4.78, 5) is 0. The molecular weight excluding hydrogens is 208 g/mol. The third-order valence-corrected chi connectivity index (χ3v) is 3.71. The lowest BCUT2D eigenvalue weighted by atomic mass is 9.90. The van der Waals surface area contributed by atoms with E-state index in [-0.39, 0.29) is 18.5 Å². The molecule has 3 aliphatic heterocycles. The van der Waals surface area contributed by atoms with Crippen molar-refractivity contribution < 1.29 is 18.9 Å². The predicted octanol–water partition coefficient (Wildman–Crippen LogP) is 1.13. The minimum Gasteiger partial charge on any atom is -0.360 e. The van der Waals surface area contributed by atoms with Crippen molar-refractivity contribution in [1.29, 1.82) is 0 Å². The highest BCUT2D eigenvalue weighted by atomic mass is 16.8. The average Bonchev–Trinajstić information content (AvgIpc) is 2.83. The molecule has 86 valence electrons. The van der Waals surface area contributed by atoms with Crippen LogP contribution in [-0.4, -0.2) is 36.5 Å². The zero-order chi connectivity index (χ0) is 11.0. The molecule has 0 bridgehead atoms. The summed E-state index contributed by atoms with van der Waals surface area (Å²) in [5, 5.41) is 0. The molecule has 0 aromatic heterocycles. The van der Waals surface area contributed by atoms with Gasteiger partial charge in [0, 0.05) is 0 Å². The molecule has 0 amide bonds. The van der Waals surface area contributed by atoms with Crippen molar-refractivity contribution in [1.82, 2.24) is 0 Å². The predicted molar refractivity (Wildman–Crippen MR) is 54.6 cm³/mol. The van der Waals surface area contributed by atoms with E-state index >= 15 is 0 Å². The molecule has 4 nitrogen and oxygen atoms in total. The largest absolute Gasteiger partial charge is 0.360 e. The van der Waals surface area contributed by atoms with Gasteiger partial charge in [0.2, 0.25) is 0 Å². The maximum absolute atomic E-state index is 5.94. The van der Waals surface area contributed by atoms with Crippen molar-refractivity contribution in [2.24, 2.45) is 0 Å². The van der Waals surface area contributed by atoms with E-state index in [0.717, 1.165) is 0 Å². The zero-order valence-electron chi connectivity index (χ0n) is 9.30. The van der Waals surface area contributed by atoms with Crippen molar-refractivity contribution in [2.75, 3.05) is 6.61 Å². The van der Waals surface area contributed by atoms with E-state index in [2.05, 4.69) is 12.2 Å². The first-order valence-corrected chi connectivity index (χ1v) is 5.66. The first kappa shape index (κ1) is 9.36. The molecule has 4 heteroatoms. The van der Waals surface area contributed by atoms with E-state index in [1.807, 2.05) is 19.9 Å². The van der Waals surface area contributed by atoms with Crippen LogP contribution in [0.3, 0.4) is 0 Å². The van der Waals surface area contributed by atoms with Crippen LogP contribution in [0.1, 0.15) is 13.8 Å². The van der Waals surface area contributed by atoms with Gasteiger partial charge >= 0.3 is 0 Å². The molecule has 4 rings (SSSR count). The van der Waals surface area contributed by atoms with Crippen LogP contribution in [0, 0.1) is 0 Å². The van der Waals surface area contributed by atoms with Gasteiger partial charge in [-0.2, -0.15) is 0 Å². The third-order valence-electron chi connectivity index (χ3n) is 3.71. The zero-order valence-corrected chi connectivity index (χ0v) is 9.30. The lowest BCUT2D eigenvalue weighted by Crippen LogP contribution is -2.47. The van der Waals surface area contributed by atoms with Crippen LogP contribution in [0.5, 0.6) is 0 Å². The van der Waals surface area contributed by atoms with Gasteiger partial charge in [-0.15, -0.1) is 0 Å². The van der Waals surface area contributed by atoms with Gasteiger partial charge in [-0.05, 0) is 19.4 Å². The molecule has 0 N–H and O–H groups in total. The number of hydrogen-bond donors (Lipinski definition) is 0. The fraction of sp³-hybridized carbons (Fsp3) is 0.667. The molecule has 2 fully saturated rings. The summed E-state index contributed by atoms with van der Waals surface area (Å²) in [5.74, 6) is -0.589. The van der Waals surface area contributed by atoms with E-state index in [0.29, 0.717) is 6.61 Å². The molecule has 1 spiro atoms. The van der Waals surface area contributed by atoms with Gasteiger partial charge in [0.05, 0.1) is 6.61 Å². The first-order valence-electron chi connectivity index (χ1n) is 5.66. The Labute approximate surface area is 93.8 Å². The highest BCUT2D eigenvalue weighted by molar-refractivity contribution is 5.46. The normalized spacial score (nSPS) is 51.4. The second-order valence-corrected chi connectivity index (χ2v) is 5.10. The van der Waals surface area contributed by atoms with Crippen LogP contribution in [0.15, 0.2) is 23.8 Å². The van der Waals surface area contributed by atoms with Crippen molar-refractivity contribution >= 4 is 0 Å². The summed E-state index contributed by atoms with van der Waals surface area (Å²) >= 11 is 0. The van der Waals surface area contributed by atoms with E-state index in [9.17, 15) is 0 Å². The standard InChI is InChI=1S/C12H14O4/c1-11(2)15-9-10(16-11)14-8-4-3-7-5-6-13-12(7,8)9/h3-5,8-10H,6H2,1-2H3/t8-,9+,10-,12-/m1/s1. The minimum absolute atomic E-state index is 0.0626. The van der Waals surface area contributed by atoms with Crippen molar-refractivity contribution in [3.8, 4) is 0 Å². The quantitative estimate of drug-likeness (QED) is 0.615. The van der Waals surface area contributed by atoms with Crippen molar-refractivity contribution in [3.05, 3.63) is 23.8 Å². The van der Waals surface area contributed by atoms with Gasteiger partial charge in [0.25, 0.3) is 0 Å². The molecule has 16 heavy (non-hydrogen) atoms. The second-order valence-electron chi connectivity index (χ2n) is 5.10. The van der Waals surface area contributed by atoms with Crippen LogP contribution in [0.25, 0.3) is 0 Å². The van der Waals surface area contributed by atoms with E-state index < -0.39 is 11.4 Å². The Hall–Kier alpha value is -0.680. The van der Waals surface area contributed by atoms with Crippen molar-refractivity contribution in [3.63, 3.8) is 0 Å². The Morgan fingerprint density at radius 2 is 2.19 bits per heavy atom. The SMILES string of the molecule is CC1(C)O[C@H]2O[C@@H]3C=CC4=CCO[C@]43[C@H]2O1. The Morgan fingerprint density at radius 3 is 3.06 bits per heavy atom. The summed E-state index contributed by atoms with van der Waals surface area (Å²) < 4.78 is 23.4. The first-order chi connectivity index (χ1) is 7.62. The Bertz CT molecular complexity index is 411. The lowest BCUT2D eigenvalue weighted by molar-refractivity contribution is -0.218. The monoisotopic (exact) mass is 222 g/mol. The van der Waals surface area contributed by atoms with Crippen LogP contribution < -0.4 is 0 Å². The molecule has 0 aromatic rings. The molecule has 0 saturated carbocycles. The molecule has 4 aliphatic rings. The van der Waals surface area contributed by atoms with Gasteiger partial charge in [0.15, 0.2) is 17.7 Å². The van der Waals surface area contributed by atoms with Gasteiger partial charge < -0.3 is 18.9 Å². The Morgan fingerprint density at radius 1 is 1.31 bits per heavy atom. The van der Waals surface area contributed by atoms with E-state index in [4.69, 9.17) is 18.9 Å². The smallest absolute Gasteiger partial charge is 0.191 e. The molecule has 2 saturated heterocycles. The highest BCUT2D eigenvalue weighted by Crippen LogP contribution is 2.53. The maximum atomic E-state index is 5.94. The molecule has 3 heterocycles. The molecule has 0 radical (unpaired) electrons. The summed E-state index contributed by atoms with van der Waals surface area (Å²) in [6.07, 6.45) is 5.66. The fourth-order valence-corrected chi connectivity index (χ4v) is 3.11. The Kier molecular flexibility index (Phi) is 1.52. The van der Waals surface area contributed by atoms with Gasteiger partial charge in [-0.1, -0.05) is 18.2 Å². The average molecular weight is 222 g/mol. The Balaban J connectivity index is 1.78. The van der Waals surface area contributed by atoms with Gasteiger partial charge in [-0.25, -0.2) is 0 Å². The molecular formula is C12H14O4. The number of fused-ring (bicyclic) bond motifs is 1. The van der Waals surface area contributed by atoms with Gasteiger partial charge in [0.1, 0.15) is 12.2 Å². The summed E-state index contributed by atoms with van der Waals surface area (Å²) in [6, 6.07) is 0.